The molecule has 1 N–H and O–H groups in total. The van der Waals surface area contributed by atoms with Gasteiger partial charge in [-0.05, 0) is 66.4 Å². The number of hydrogen-bond donors (Lipinski definition) is 1. The van der Waals surface area contributed by atoms with Crippen molar-refractivity contribution >= 4 is 21.9 Å². The standard InChI is InChI=1S/C22H17N5/c1-14-9-17-11-16(10-15-5-7-23-8-6-15)12-19(21(17)24-13-14)18-3-2-4-20-22(18)26-27-25-20/h2-9,11-13H,10H2,1H3,(H,25,26,27). The Balaban J connectivity index is 1.76. The van der Waals surface area contributed by atoms with Crippen molar-refractivity contribution in [2.75, 3.05) is 0 Å². The number of pyridine rings is 2. The lowest BCUT2D eigenvalue weighted by atomic mass is 9.95. The minimum atomic E-state index is 0.841. The van der Waals surface area contributed by atoms with E-state index in [2.05, 4.69) is 63.7 Å². The number of rotatable bonds is 3. The smallest absolute Gasteiger partial charge is 0.120 e. The van der Waals surface area contributed by atoms with Crippen LogP contribution >= 0.6 is 0 Å². The number of fused-ring (bicyclic) bond motifs is 2. The van der Waals surface area contributed by atoms with Crippen molar-refractivity contribution in [3.8, 4) is 11.1 Å². The van der Waals surface area contributed by atoms with Gasteiger partial charge in [-0.25, -0.2) is 0 Å². The van der Waals surface area contributed by atoms with Crippen molar-refractivity contribution in [1.82, 2.24) is 25.4 Å². The van der Waals surface area contributed by atoms with E-state index in [9.17, 15) is 0 Å². The van der Waals surface area contributed by atoms with Gasteiger partial charge in [-0.1, -0.05) is 12.1 Å². The molecule has 0 bridgehead atoms. The molecule has 5 nitrogen and oxygen atoms in total. The summed E-state index contributed by atoms with van der Waals surface area (Å²) >= 11 is 0. The molecule has 0 amide bonds. The van der Waals surface area contributed by atoms with Gasteiger partial charge in [0.2, 0.25) is 0 Å². The van der Waals surface area contributed by atoms with Crippen LogP contribution in [0.3, 0.4) is 0 Å². The van der Waals surface area contributed by atoms with Crippen LogP contribution in [0.5, 0.6) is 0 Å². The maximum absolute atomic E-state index is 4.73. The predicted molar refractivity (Wildman–Crippen MR) is 106 cm³/mol. The summed E-state index contributed by atoms with van der Waals surface area (Å²) in [4.78, 5) is 8.84. The van der Waals surface area contributed by atoms with E-state index in [1.807, 2.05) is 30.7 Å². The molecule has 27 heavy (non-hydrogen) atoms. The van der Waals surface area contributed by atoms with Gasteiger partial charge < -0.3 is 0 Å². The molecule has 5 rings (SSSR count). The highest BCUT2D eigenvalue weighted by atomic mass is 15.3. The van der Waals surface area contributed by atoms with Gasteiger partial charge in [0.15, 0.2) is 0 Å². The molecule has 0 spiro atoms. The van der Waals surface area contributed by atoms with Gasteiger partial charge >= 0.3 is 0 Å². The third-order valence-corrected chi connectivity index (χ3v) is 4.77. The zero-order chi connectivity index (χ0) is 18.2. The second kappa shape index (κ2) is 6.29. The summed E-state index contributed by atoms with van der Waals surface area (Å²) in [5.74, 6) is 0. The first-order valence-electron chi connectivity index (χ1n) is 8.86. The van der Waals surface area contributed by atoms with Crippen LogP contribution in [0.4, 0.5) is 0 Å². The summed E-state index contributed by atoms with van der Waals surface area (Å²) in [5, 5.41) is 12.5. The number of H-pyrrole nitrogens is 1. The highest BCUT2D eigenvalue weighted by Crippen LogP contribution is 2.33. The average molecular weight is 351 g/mol. The zero-order valence-corrected chi connectivity index (χ0v) is 14.8. The van der Waals surface area contributed by atoms with E-state index < -0.39 is 0 Å². The maximum Gasteiger partial charge on any atom is 0.120 e. The van der Waals surface area contributed by atoms with Crippen LogP contribution in [0, 0.1) is 6.92 Å². The molecule has 0 aliphatic carbocycles. The molecule has 0 atom stereocenters. The lowest BCUT2D eigenvalue weighted by molar-refractivity contribution is 0.959. The fourth-order valence-electron chi connectivity index (χ4n) is 3.55. The SMILES string of the molecule is Cc1cnc2c(-c3cccc4n[nH]nc34)cc(Cc3ccncc3)cc2c1. The van der Waals surface area contributed by atoms with E-state index >= 15 is 0 Å². The number of benzene rings is 2. The molecule has 0 unspecified atom stereocenters. The number of nitrogens with zero attached hydrogens (tertiary/aromatic N) is 4. The Bertz CT molecular complexity index is 1260. The number of para-hydroxylation sites is 1. The third kappa shape index (κ3) is 2.83. The molecule has 2 aromatic carbocycles. The Labute approximate surface area is 156 Å². The average Bonchev–Trinajstić information content (AvgIpc) is 3.17. The van der Waals surface area contributed by atoms with Crippen LogP contribution in [-0.2, 0) is 6.42 Å². The van der Waals surface area contributed by atoms with Gasteiger partial charge in [-0.15, -0.1) is 0 Å². The summed E-state index contributed by atoms with van der Waals surface area (Å²) < 4.78 is 0. The molecule has 0 aliphatic rings. The van der Waals surface area contributed by atoms with Crippen LogP contribution in [0.15, 0.2) is 67.1 Å². The molecule has 3 heterocycles. The molecular weight excluding hydrogens is 334 g/mol. The van der Waals surface area contributed by atoms with Crippen LogP contribution in [0.2, 0.25) is 0 Å². The van der Waals surface area contributed by atoms with Crippen LogP contribution in [-0.4, -0.2) is 25.4 Å². The van der Waals surface area contributed by atoms with Crippen LogP contribution < -0.4 is 0 Å². The Morgan fingerprint density at radius 1 is 0.852 bits per heavy atom. The Morgan fingerprint density at radius 3 is 2.63 bits per heavy atom. The van der Waals surface area contributed by atoms with Crippen molar-refractivity contribution in [2.45, 2.75) is 13.3 Å². The van der Waals surface area contributed by atoms with Gasteiger partial charge in [0.25, 0.3) is 0 Å². The highest BCUT2D eigenvalue weighted by molar-refractivity contribution is 6.01. The first kappa shape index (κ1) is 15.6. The molecule has 0 radical (unpaired) electrons. The number of aryl methyl sites for hydroxylation is 1. The number of nitrogens with one attached hydrogen (secondary N) is 1. The summed E-state index contributed by atoms with van der Waals surface area (Å²) in [6.07, 6.45) is 6.42. The zero-order valence-electron chi connectivity index (χ0n) is 14.8. The molecule has 5 heteroatoms. The minimum absolute atomic E-state index is 0.841. The Morgan fingerprint density at radius 2 is 1.74 bits per heavy atom. The van der Waals surface area contributed by atoms with E-state index in [4.69, 9.17) is 4.98 Å². The molecule has 5 aromatic rings. The lowest BCUT2D eigenvalue weighted by Crippen LogP contribution is -1.94. The normalized spacial score (nSPS) is 11.3. The summed E-state index contributed by atoms with van der Waals surface area (Å²) in [7, 11) is 0. The largest absolute Gasteiger partial charge is 0.265 e. The highest BCUT2D eigenvalue weighted by Gasteiger charge is 2.13. The molecule has 130 valence electrons. The molecule has 0 saturated heterocycles. The third-order valence-electron chi connectivity index (χ3n) is 4.77. The van der Waals surface area contributed by atoms with Crippen molar-refractivity contribution in [3.63, 3.8) is 0 Å². The van der Waals surface area contributed by atoms with Crippen molar-refractivity contribution < 1.29 is 0 Å². The Kier molecular flexibility index (Phi) is 3.64. The fourth-order valence-corrected chi connectivity index (χ4v) is 3.55. The number of hydrogen-bond acceptors (Lipinski definition) is 4. The molecule has 0 saturated carbocycles. The predicted octanol–water partition coefficient (Wildman–Crippen LogP) is 4.47. The van der Waals surface area contributed by atoms with Gasteiger partial charge in [0.1, 0.15) is 11.0 Å². The first-order chi connectivity index (χ1) is 13.3. The van der Waals surface area contributed by atoms with E-state index in [0.29, 0.717) is 0 Å². The van der Waals surface area contributed by atoms with Gasteiger partial charge in [-0.2, -0.15) is 15.4 Å². The van der Waals surface area contributed by atoms with E-state index in [-0.39, 0.29) is 0 Å². The monoisotopic (exact) mass is 351 g/mol. The van der Waals surface area contributed by atoms with Crippen molar-refractivity contribution in [1.29, 1.82) is 0 Å². The fraction of sp³-hybridized carbons (Fsp3) is 0.0909. The Hall–Kier alpha value is -3.60. The molecule has 3 aromatic heterocycles. The van der Waals surface area contributed by atoms with Crippen LogP contribution in [0.25, 0.3) is 33.1 Å². The quantitative estimate of drug-likeness (QED) is 0.521. The number of aromatic nitrogens is 5. The van der Waals surface area contributed by atoms with Crippen LogP contribution in [0.1, 0.15) is 16.7 Å². The van der Waals surface area contributed by atoms with E-state index in [0.717, 1.165) is 45.0 Å². The maximum atomic E-state index is 4.73. The summed E-state index contributed by atoms with van der Waals surface area (Å²) in [5.41, 5.74) is 8.43. The first-order valence-corrected chi connectivity index (χ1v) is 8.86. The number of aromatic amines is 1. The van der Waals surface area contributed by atoms with E-state index in [1.165, 1.54) is 11.1 Å². The van der Waals surface area contributed by atoms with Crippen molar-refractivity contribution in [3.05, 3.63) is 83.8 Å². The van der Waals surface area contributed by atoms with Crippen molar-refractivity contribution in [2.24, 2.45) is 0 Å². The van der Waals surface area contributed by atoms with Gasteiger partial charge in [0.05, 0.1) is 5.52 Å². The van der Waals surface area contributed by atoms with Gasteiger partial charge in [0, 0.05) is 35.1 Å². The molecule has 0 aliphatic heterocycles. The van der Waals surface area contributed by atoms with Gasteiger partial charge in [-0.3, -0.25) is 9.97 Å². The summed E-state index contributed by atoms with van der Waals surface area (Å²) in [6.45, 7) is 2.07. The summed E-state index contributed by atoms with van der Waals surface area (Å²) in [6, 6.07) is 16.8. The minimum Gasteiger partial charge on any atom is -0.265 e. The van der Waals surface area contributed by atoms with E-state index in [1.54, 1.807) is 0 Å². The molecular formula is C22H17N5. The second-order valence-corrected chi connectivity index (χ2v) is 6.76. The second-order valence-electron chi connectivity index (χ2n) is 6.76. The molecule has 0 fully saturated rings. The lowest BCUT2D eigenvalue weighted by Gasteiger charge is -2.11. The topological polar surface area (TPSA) is 67.3 Å².